The summed E-state index contributed by atoms with van der Waals surface area (Å²) in [5.41, 5.74) is 0. The molecule has 1 N–H and O–H groups in total. The maximum Gasteiger partial charge on any atom is 0.305 e. The van der Waals surface area contributed by atoms with Crippen LogP contribution in [0.5, 0.6) is 0 Å². The van der Waals surface area contributed by atoms with E-state index in [0.717, 1.165) is 12.8 Å². The highest BCUT2D eigenvalue weighted by Gasteiger charge is 2.36. The molecule has 1 saturated heterocycles. The first-order valence-corrected chi connectivity index (χ1v) is 11.1. The lowest BCUT2D eigenvalue weighted by molar-refractivity contribution is -0.145. The van der Waals surface area contributed by atoms with E-state index in [1.54, 1.807) is 0 Å². The Bertz CT molecular complexity index is 345. The molecule has 0 saturated carbocycles. The first-order valence-electron chi connectivity index (χ1n) is 11.1. The first-order chi connectivity index (χ1) is 12.7. The summed E-state index contributed by atoms with van der Waals surface area (Å²) >= 11 is 0. The molecule has 1 rings (SSSR count). The van der Waals surface area contributed by atoms with Gasteiger partial charge in [0.25, 0.3) is 0 Å². The molecule has 0 bridgehead atoms. The van der Waals surface area contributed by atoms with E-state index >= 15 is 0 Å². The van der Waals surface area contributed by atoms with Crippen molar-refractivity contribution in [2.45, 2.75) is 116 Å². The fraction of sp³-hybridized carbons (Fsp3) is 0.955. The standard InChI is InChI=1S/C22H42O4/c1-3-4-5-6-8-11-14-20-21(26-20)15-12-9-7-10-13-16-22(24)25-18-19(2)17-23/h19-21,23H,3-18H2,1-2H3. The zero-order valence-corrected chi connectivity index (χ0v) is 17.2. The predicted molar refractivity (Wildman–Crippen MR) is 106 cm³/mol. The van der Waals surface area contributed by atoms with E-state index in [2.05, 4.69) is 6.92 Å². The van der Waals surface area contributed by atoms with Gasteiger partial charge in [-0.15, -0.1) is 0 Å². The Morgan fingerprint density at radius 2 is 1.46 bits per heavy atom. The Morgan fingerprint density at radius 1 is 0.923 bits per heavy atom. The number of carbonyl (C=O) groups is 1. The molecule has 0 spiro atoms. The molecule has 0 aromatic heterocycles. The van der Waals surface area contributed by atoms with Crippen LogP contribution in [0.1, 0.15) is 104 Å². The topological polar surface area (TPSA) is 59.1 Å². The Labute approximate surface area is 161 Å². The van der Waals surface area contributed by atoms with Crippen molar-refractivity contribution >= 4 is 5.97 Å². The Kier molecular flexibility index (Phi) is 13.9. The third-order valence-corrected chi connectivity index (χ3v) is 5.24. The lowest BCUT2D eigenvalue weighted by atomic mass is 10.0. The quantitative estimate of drug-likeness (QED) is 0.199. The lowest BCUT2D eigenvalue weighted by Gasteiger charge is -2.08. The van der Waals surface area contributed by atoms with E-state index in [9.17, 15) is 4.79 Å². The van der Waals surface area contributed by atoms with E-state index in [-0.39, 0.29) is 18.5 Å². The average molecular weight is 371 g/mol. The minimum Gasteiger partial charge on any atom is -0.465 e. The Balaban J connectivity index is 1.79. The number of ether oxygens (including phenoxy) is 2. The molecule has 4 heteroatoms. The monoisotopic (exact) mass is 370 g/mol. The van der Waals surface area contributed by atoms with Crippen LogP contribution in [0, 0.1) is 5.92 Å². The molecule has 0 radical (unpaired) electrons. The fourth-order valence-electron chi connectivity index (χ4n) is 3.32. The highest BCUT2D eigenvalue weighted by molar-refractivity contribution is 5.69. The maximum absolute atomic E-state index is 11.5. The zero-order chi connectivity index (χ0) is 19.0. The highest BCUT2D eigenvalue weighted by Crippen LogP contribution is 2.31. The van der Waals surface area contributed by atoms with Crippen LogP contribution >= 0.6 is 0 Å². The van der Waals surface area contributed by atoms with Gasteiger partial charge in [-0.05, 0) is 19.3 Å². The molecule has 1 aliphatic heterocycles. The van der Waals surface area contributed by atoms with Gasteiger partial charge in [-0.25, -0.2) is 0 Å². The molecule has 0 aromatic rings. The van der Waals surface area contributed by atoms with Crippen LogP contribution < -0.4 is 0 Å². The number of hydrogen-bond acceptors (Lipinski definition) is 4. The van der Waals surface area contributed by atoms with Gasteiger partial charge in [-0.2, -0.15) is 0 Å². The van der Waals surface area contributed by atoms with Crippen molar-refractivity contribution in [3.63, 3.8) is 0 Å². The van der Waals surface area contributed by atoms with E-state index < -0.39 is 0 Å². The number of rotatable bonds is 18. The van der Waals surface area contributed by atoms with Crippen LogP contribution in [0.3, 0.4) is 0 Å². The SMILES string of the molecule is CCCCCCCCC1OC1CCCCCCCC(=O)OCC(C)CO. The second kappa shape index (κ2) is 15.4. The van der Waals surface area contributed by atoms with Gasteiger partial charge in [0.2, 0.25) is 0 Å². The zero-order valence-electron chi connectivity index (χ0n) is 17.2. The molecule has 3 atom stereocenters. The summed E-state index contributed by atoms with van der Waals surface area (Å²) < 4.78 is 10.9. The normalized spacial score (nSPS) is 20.1. The number of hydrogen-bond donors (Lipinski definition) is 1. The molecular weight excluding hydrogens is 328 g/mol. The van der Waals surface area contributed by atoms with Crippen molar-refractivity contribution in [3.8, 4) is 0 Å². The van der Waals surface area contributed by atoms with E-state index in [1.165, 1.54) is 70.6 Å². The summed E-state index contributed by atoms with van der Waals surface area (Å²) in [5.74, 6) is -0.0947. The minimum atomic E-state index is -0.130. The Hall–Kier alpha value is -0.610. The number of aliphatic hydroxyl groups excluding tert-OH is 1. The second-order valence-corrected chi connectivity index (χ2v) is 8.05. The van der Waals surface area contributed by atoms with Crippen LogP contribution in [-0.2, 0) is 14.3 Å². The summed E-state index contributed by atoms with van der Waals surface area (Å²) in [6.45, 7) is 4.53. The van der Waals surface area contributed by atoms with Gasteiger partial charge in [-0.3, -0.25) is 4.79 Å². The van der Waals surface area contributed by atoms with Crippen molar-refractivity contribution in [3.05, 3.63) is 0 Å². The van der Waals surface area contributed by atoms with E-state index in [0.29, 0.717) is 25.2 Å². The van der Waals surface area contributed by atoms with Gasteiger partial charge in [0.1, 0.15) is 0 Å². The maximum atomic E-state index is 11.5. The summed E-state index contributed by atoms with van der Waals surface area (Å²) in [7, 11) is 0. The number of aliphatic hydroxyl groups is 1. The van der Waals surface area contributed by atoms with Gasteiger partial charge in [0.05, 0.1) is 18.8 Å². The van der Waals surface area contributed by atoms with Crippen LogP contribution in [-0.4, -0.2) is 36.5 Å². The van der Waals surface area contributed by atoms with Crippen LogP contribution in [0.4, 0.5) is 0 Å². The molecule has 1 fully saturated rings. The third-order valence-electron chi connectivity index (χ3n) is 5.24. The van der Waals surface area contributed by atoms with E-state index in [4.69, 9.17) is 14.6 Å². The van der Waals surface area contributed by atoms with Gasteiger partial charge < -0.3 is 14.6 Å². The summed E-state index contributed by atoms with van der Waals surface area (Å²) in [5, 5.41) is 8.89. The largest absolute Gasteiger partial charge is 0.465 e. The number of unbranched alkanes of at least 4 members (excludes halogenated alkanes) is 9. The van der Waals surface area contributed by atoms with Crippen molar-refractivity contribution in [2.24, 2.45) is 5.92 Å². The summed E-state index contributed by atoms with van der Waals surface area (Å²) in [4.78, 5) is 11.5. The molecular formula is C22H42O4. The van der Waals surface area contributed by atoms with Crippen LogP contribution in [0.25, 0.3) is 0 Å². The number of epoxide rings is 1. The number of esters is 1. The highest BCUT2D eigenvalue weighted by atomic mass is 16.6. The van der Waals surface area contributed by atoms with Gasteiger partial charge >= 0.3 is 5.97 Å². The molecule has 1 aliphatic rings. The van der Waals surface area contributed by atoms with Crippen molar-refractivity contribution in [1.82, 2.24) is 0 Å². The van der Waals surface area contributed by atoms with Gasteiger partial charge in [0, 0.05) is 18.9 Å². The molecule has 0 aliphatic carbocycles. The third kappa shape index (κ3) is 12.7. The van der Waals surface area contributed by atoms with Crippen molar-refractivity contribution in [2.75, 3.05) is 13.2 Å². The molecule has 1 heterocycles. The molecule has 154 valence electrons. The minimum absolute atomic E-state index is 0.0356. The summed E-state index contributed by atoms with van der Waals surface area (Å²) in [6, 6.07) is 0. The molecule has 4 nitrogen and oxygen atoms in total. The first kappa shape index (κ1) is 23.4. The molecule has 0 aromatic carbocycles. The average Bonchev–Trinajstić information content (AvgIpc) is 3.39. The van der Waals surface area contributed by atoms with Crippen LogP contribution in [0.15, 0.2) is 0 Å². The predicted octanol–water partition coefficient (Wildman–Crippen LogP) is 5.41. The fourth-order valence-corrected chi connectivity index (χ4v) is 3.32. The van der Waals surface area contributed by atoms with Crippen molar-refractivity contribution in [1.29, 1.82) is 0 Å². The Morgan fingerprint density at radius 3 is 2.04 bits per heavy atom. The van der Waals surface area contributed by atoms with Gasteiger partial charge in [0.15, 0.2) is 0 Å². The lowest BCUT2D eigenvalue weighted by Crippen LogP contribution is -2.14. The molecule has 0 amide bonds. The van der Waals surface area contributed by atoms with E-state index in [1.807, 2.05) is 6.92 Å². The molecule has 3 unspecified atom stereocenters. The van der Waals surface area contributed by atoms with Crippen LogP contribution in [0.2, 0.25) is 0 Å². The van der Waals surface area contributed by atoms with Crippen molar-refractivity contribution < 1.29 is 19.4 Å². The molecule has 26 heavy (non-hydrogen) atoms. The van der Waals surface area contributed by atoms with Gasteiger partial charge in [-0.1, -0.05) is 78.1 Å². The second-order valence-electron chi connectivity index (χ2n) is 8.05. The number of carbonyl (C=O) groups excluding carboxylic acids is 1. The smallest absolute Gasteiger partial charge is 0.305 e. The summed E-state index contributed by atoms with van der Waals surface area (Å²) in [6.07, 6.45) is 17.9.